The molecule has 2 aliphatic rings. The molecule has 4 heteroatoms. The van der Waals surface area contributed by atoms with Gasteiger partial charge in [-0.3, -0.25) is 9.80 Å². The molecule has 5 rings (SSSR count). The van der Waals surface area contributed by atoms with Gasteiger partial charge in [-0.1, -0.05) is 91.0 Å². The maximum absolute atomic E-state index is 13.1. The molecule has 2 heterocycles. The smallest absolute Gasteiger partial charge is 0.410 e. The number of hydrogen-bond acceptors (Lipinski definition) is 3. The number of hydrogen-bond donors (Lipinski definition) is 0. The molecule has 2 fully saturated rings. The van der Waals surface area contributed by atoms with Crippen LogP contribution in [-0.4, -0.2) is 46.7 Å². The maximum Gasteiger partial charge on any atom is 0.410 e. The molecule has 2 bridgehead atoms. The lowest BCUT2D eigenvalue weighted by Crippen LogP contribution is -2.62. The molecule has 0 saturated carbocycles. The first kappa shape index (κ1) is 22.7. The van der Waals surface area contributed by atoms with E-state index in [1.807, 2.05) is 25.7 Å². The summed E-state index contributed by atoms with van der Waals surface area (Å²) in [5, 5.41) is 0. The predicted molar refractivity (Wildman–Crippen MR) is 136 cm³/mol. The Bertz CT molecular complexity index is 998. The van der Waals surface area contributed by atoms with E-state index in [2.05, 4.69) is 95.9 Å². The van der Waals surface area contributed by atoms with E-state index in [9.17, 15) is 4.79 Å². The highest BCUT2D eigenvalue weighted by atomic mass is 16.6. The molecular formula is C30H34N2O2. The molecule has 2 unspecified atom stereocenters. The van der Waals surface area contributed by atoms with Crippen LogP contribution in [0.3, 0.4) is 0 Å². The number of amides is 1. The van der Waals surface area contributed by atoms with Gasteiger partial charge in [-0.25, -0.2) is 4.79 Å². The second-order valence-corrected chi connectivity index (χ2v) is 10.5. The van der Waals surface area contributed by atoms with E-state index in [0.717, 1.165) is 25.9 Å². The molecule has 0 spiro atoms. The fourth-order valence-electron chi connectivity index (χ4n) is 5.88. The molecule has 0 aliphatic carbocycles. The van der Waals surface area contributed by atoms with E-state index in [1.165, 1.54) is 16.7 Å². The Morgan fingerprint density at radius 2 is 1.09 bits per heavy atom. The van der Waals surface area contributed by atoms with Crippen molar-refractivity contribution in [3.05, 3.63) is 108 Å². The maximum atomic E-state index is 13.1. The highest BCUT2D eigenvalue weighted by molar-refractivity contribution is 5.70. The third kappa shape index (κ3) is 4.01. The van der Waals surface area contributed by atoms with Crippen molar-refractivity contribution in [3.63, 3.8) is 0 Å². The minimum Gasteiger partial charge on any atom is -0.444 e. The van der Waals surface area contributed by atoms with E-state index in [4.69, 9.17) is 4.74 Å². The summed E-state index contributed by atoms with van der Waals surface area (Å²) in [6, 6.07) is 32.7. The van der Waals surface area contributed by atoms with E-state index in [1.54, 1.807) is 0 Å². The van der Waals surface area contributed by atoms with E-state index < -0.39 is 11.1 Å². The molecule has 3 aromatic rings. The van der Waals surface area contributed by atoms with Crippen LogP contribution >= 0.6 is 0 Å². The van der Waals surface area contributed by atoms with Crippen molar-refractivity contribution in [2.75, 3.05) is 13.1 Å². The van der Waals surface area contributed by atoms with Gasteiger partial charge in [0.1, 0.15) is 5.60 Å². The van der Waals surface area contributed by atoms with E-state index >= 15 is 0 Å². The number of nitrogens with zero attached hydrogens (tertiary/aromatic N) is 2. The summed E-state index contributed by atoms with van der Waals surface area (Å²) in [6.07, 6.45) is 1.84. The molecule has 176 valence electrons. The number of rotatable bonds is 4. The molecule has 1 amide bonds. The second kappa shape index (κ2) is 8.92. The Morgan fingerprint density at radius 1 is 0.706 bits per heavy atom. The SMILES string of the molecule is CC(C)(C)OC(=O)N1C2CCC1CN(C(c1ccccc1)(c1ccccc1)c1ccccc1)C2. The van der Waals surface area contributed by atoms with Crippen molar-refractivity contribution < 1.29 is 9.53 Å². The summed E-state index contributed by atoms with van der Waals surface area (Å²) in [6.45, 7) is 7.42. The highest BCUT2D eigenvalue weighted by Gasteiger charge is 2.51. The third-order valence-electron chi connectivity index (χ3n) is 7.14. The van der Waals surface area contributed by atoms with Crippen molar-refractivity contribution >= 4 is 6.09 Å². The lowest BCUT2D eigenvalue weighted by atomic mass is 9.75. The van der Waals surface area contributed by atoms with Gasteiger partial charge in [0.05, 0.1) is 5.54 Å². The largest absolute Gasteiger partial charge is 0.444 e. The summed E-state index contributed by atoms with van der Waals surface area (Å²) in [5.41, 5.74) is 2.81. The normalized spacial score (nSPS) is 20.9. The third-order valence-corrected chi connectivity index (χ3v) is 7.14. The number of carbonyl (C=O) groups excluding carboxylic acids is 1. The van der Waals surface area contributed by atoms with Gasteiger partial charge in [-0.15, -0.1) is 0 Å². The Kier molecular flexibility index (Phi) is 5.95. The molecule has 0 radical (unpaired) electrons. The molecular weight excluding hydrogens is 420 g/mol. The minimum absolute atomic E-state index is 0.143. The summed E-state index contributed by atoms with van der Waals surface area (Å²) < 4.78 is 5.80. The average Bonchev–Trinajstić information content (AvgIpc) is 3.11. The van der Waals surface area contributed by atoms with Crippen LogP contribution in [0, 0.1) is 0 Å². The Morgan fingerprint density at radius 3 is 1.44 bits per heavy atom. The quantitative estimate of drug-likeness (QED) is 0.449. The van der Waals surface area contributed by atoms with Crippen molar-refractivity contribution in [2.24, 2.45) is 0 Å². The average molecular weight is 455 g/mol. The van der Waals surface area contributed by atoms with Crippen molar-refractivity contribution in [3.8, 4) is 0 Å². The first-order valence-corrected chi connectivity index (χ1v) is 12.3. The number of ether oxygens (including phenoxy) is 1. The van der Waals surface area contributed by atoms with Crippen LogP contribution in [0.25, 0.3) is 0 Å². The first-order chi connectivity index (χ1) is 16.4. The number of carbonyl (C=O) groups is 1. The zero-order valence-corrected chi connectivity index (χ0v) is 20.4. The van der Waals surface area contributed by atoms with E-state index in [0.29, 0.717) is 0 Å². The van der Waals surface area contributed by atoms with Crippen LogP contribution in [0.15, 0.2) is 91.0 Å². The predicted octanol–water partition coefficient (Wildman–Crippen LogP) is 6.06. The summed E-state index contributed by atoms with van der Waals surface area (Å²) in [4.78, 5) is 17.8. The van der Waals surface area contributed by atoms with Crippen LogP contribution in [0.2, 0.25) is 0 Å². The molecule has 3 aromatic carbocycles. The zero-order chi connectivity index (χ0) is 23.8. The standard InChI is InChI=1S/C30H34N2O2/c1-29(2,3)34-28(33)32-26-19-20-27(32)22-31(21-26)30(23-13-7-4-8-14-23,24-15-9-5-10-16-24)25-17-11-6-12-18-25/h4-18,26-27H,19-22H2,1-3H3. The van der Waals surface area contributed by atoms with Crippen molar-refractivity contribution in [1.29, 1.82) is 0 Å². The van der Waals surface area contributed by atoms with Crippen LogP contribution in [0.4, 0.5) is 4.79 Å². The first-order valence-electron chi connectivity index (χ1n) is 12.3. The monoisotopic (exact) mass is 454 g/mol. The zero-order valence-electron chi connectivity index (χ0n) is 20.4. The number of likely N-dealkylation sites (tertiary alicyclic amines) is 1. The van der Waals surface area contributed by atoms with Crippen LogP contribution in [0.5, 0.6) is 0 Å². The lowest BCUT2D eigenvalue weighted by molar-refractivity contribution is -0.0167. The minimum atomic E-state index is -0.491. The van der Waals surface area contributed by atoms with Gasteiger partial charge < -0.3 is 4.74 Å². The van der Waals surface area contributed by atoms with Crippen molar-refractivity contribution in [1.82, 2.24) is 9.80 Å². The van der Waals surface area contributed by atoms with Gasteiger partial charge in [-0.05, 0) is 50.3 Å². The molecule has 4 nitrogen and oxygen atoms in total. The second-order valence-electron chi connectivity index (χ2n) is 10.5. The summed E-state index contributed by atoms with van der Waals surface area (Å²) >= 11 is 0. The topological polar surface area (TPSA) is 32.8 Å². The molecule has 0 N–H and O–H groups in total. The summed E-state index contributed by atoms with van der Waals surface area (Å²) in [7, 11) is 0. The number of benzene rings is 3. The van der Waals surface area contributed by atoms with Gasteiger partial charge in [0.15, 0.2) is 0 Å². The molecule has 2 aliphatic heterocycles. The van der Waals surface area contributed by atoms with Gasteiger partial charge in [0.25, 0.3) is 0 Å². The van der Waals surface area contributed by atoms with E-state index in [-0.39, 0.29) is 18.2 Å². The van der Waals surface area contributed by atoms with Gasteiger partial charge in [0, 0.05) is 25.2 Å². The molecule has 2 saturated heterocycles. The van der Waals surface area contributed by atoms with Crippen LogP contribution < -0.4 is 0 Å². The Labute approximate surface area is 203 Å². The number of fused-ring (bicyclic) bond motifs is 2. The molecule has 34 heavy (non-hydrogen) atoms. The fourth-order valence-corrected chi connectivity index (χ4v) is 5.88. The molecule has 0 aromatic heterocycles. The van der Waals surface area contributed by atoms with Crippen LogP contribution in [0.1, 0.15) is 50.3 Å². The van der Waals surface area contributed by atoms with Crippen LogP contribution in [-0.2, 0) is 10.3 Å². The van der Waals surface area contributed by atoms with Crippen molar-refractivity contribution in [2.45, 2.75) is 56.8 Å². The van der Waals surface area contributed by atoms with Gasteiger partial charge in [-0.2, -0.15) is 0 Å². The molecule has 2 atom stereocenters. The number of piperazine rings is 1. The Hall–Kier alpha value is -3.11. The highest BCUT2D eigenvalue weighted by Crippen LogP contribution is 2.46. The summed E-state index contributed by atoms with van der Waals surface area (Å²) in [5.74, 6) is 0. The fraction of sp³-hybridized carbons (Fsp3) is 0.367. The Balaban J connectivity index is 1.61. The van der Waals surface area contributed by atoms with Gasteiger partial charge in [0.2, 0.25) is 0 Å². The van der Waals surface area contributed by atoms with Gasteiger partial charge >= 0.3 is 6.09 Å². The lowest BCUT2D eigenvalue weighted by Gasteiger charge is -2.51.